The number of hydrogen-bond acceptors (Lipinski definition) is 7. The monoisotopic (exact) mass is 625 g/mol. The third-order valence-corrected chi connectivity index (χ3v) is 9.66. The molecule has 2 amide bonds. The highest BCUT2D eigenvalue weighted by molar-refractivity contribution is 8.00. The molecule has 1 aliphatic rings. The average Bonchev–Trinajstić information content (AvgIpc) is 3.37. The van der Waals surface area contributed by atoms with Crippen molar-refractivity contribution in [2.45, 2.75) is 42.2 Å². The number of nitrogens with zero attached hydrogens (tertiary/aromatic N) is 1. The number of carboxylic acids is 2. The van der Waals surface area contributed by atoms with E-state index in [4.69, 9.17) is 5.11 Å². The molecule has 1 heterocycles. The average molecular weight is 626 g/mol. The van der Waals surface area contributed by atoms with Gasteiger partial charge in [0.1, 0.15) is 11.1 Å². The van der Waals surface area contributed by atoms with Crippen LogP contribution in [0, 0.1) is 11.3 Å². The number of rotatable bonds is 9. The van der Waals surface area contributed by atoms with E-state index >= 15 is 0 Å². The van der Waals surface area contributed by atoms with Crippen LogP contribution in [-0.2, 0) is 17.6 Å². The number of carboxylic acid groups (broad SMARTS) is 2. The lowest BCUT2D eigenvalue weighted by Crippen LogP contribution is -2.22. The number of nitrogens with one attached hydrogen (secondary N) is 2. The van der Waals surface area contributed by atoms with E-state index in [2.05, 4.69) is 28.8 Å². The molecule has 44 heavy (non-hydrogen) atoms. The minimum atomic E-state index is -1.43. The first-order valence-corrected chi connectivity index (χ1v) is 15.4. The van der Waals surface area contributed by atoms with Crippen molar-refractivity contribution < 1.29 is 29.4 Å². The topological polar surface area (TPSA) is 157 Å². The highest BCUT2D eigenvalue weighted by atomic mass is 32.2. The van der Waals surface area contributed by atoms with Gasteiger partial charge in [-0.2, -0.15) is 5.26 Å². The van der Waals surface area contributed by atoms with Crippen molar-refractivity contribution in [1.29, 1.82) is 5.26 Å². The molecule has 5 rings (SSSR count). The van der Waals surface area contributed by atoms with E-state index in [1.54, 1.807) is 31.2 Å². The van der Waals surface area contributed by atoms with Crippen molar-refractivity contribution in [3.05, 3.63) is 111 Å². The minimum absolute atomic E-state index is 0.185. The largest absolute Gasteiger partial charge is 0.478 e. The number of benzene rings is 3. The lowest BCUT2D eigenvalue weighted by atomic mass is 9.83. The Labute approximate surface area is 261 Å². The van der Waals surface area contributed by atoms with Gasteiger partial charge >= 0.3 is 11.9 Å². The molecule has 4 N–H and O–H groups in total. The van der Waals surface area contributed by atoms with Crippen LogP contribution in [0.1, 0.15) is 71.9 Å². The number of anilines is 2. The molecule has 0 aliphatic heterocycles. The Morgan fingerprint density at radius 2 is 1.73 bits per heavy atom. The number of amides is 2. The maximum Gasteiger partial charge on any atom is 0.336 e. The van der Waals surface area contributed by atoms with Crippen molar-refractivity contribution >= 4 is 57.5 Å². The number of fused-ring (bicyclic) bond motifs is 1. The number of aromatic carboxylic acids is 2. The Hall–Kier alpha value is -4.92. The zero-order valence-corrected chi connectivity index (χ0v) is 25.1. The predicted octanol–water partition coefficient (Wildman–Crippen LogP) is 6.66. The van der Waals surface area contributed by atoms with Crippen molar-refractivity contribution in [2.75, 3.05) is 10.6 Å². The van der Waals surface area contributed by atoms with Crippen molar-refractivity contribution in [3.8, 4) is 6.07 Å². The number of hydrogen-bond donors (Lipinski definition) is 4. The van der Waals surface area contributed by atoms with Gasteiger partial charge in [0.25, 0.3) is 5.91 Å². The van der Waals surface area contributed by atoms with E-state index in [0.717, 1.165) is 41.8 Å². The standard InChI is InChI=1S/C33H27N3O6S2/c1-18(29(37)36-31-27(17-34)24-12-10-20(15-28(24)44-31)19-6-3-2-4-7-19)43-23-9-5-8-22(16-23)35-30(38)25-13-11-21(32(39)40)14-26(25)33(41)42/h2-9,11,13-14,16,18,20H,10,12,15H2,1H3,(H,35,38)(H,36,37)(H,39,40)(H,41,42). The number of thiophene rings is 1. The van der Waals surface area contributed by atoms with Gasteiger partial charge in [0.2, 0.25) is 5.91 Å². The summed E-state index contributed by atoms with van der Waals surface area (Å²) in [6.07, 6.45) is 2.56. The summed E-state index contributed by atoms with van der Waals surface area (Å²) >= 11 is 2.73. The van der Waals surface area contributed by atoms with Gasteiger partial charge in [-0.15, -0.1) is 23.1 Å². The summed E-state index contributed by atoms with van der Waals surface area (Å²) in [7, 11) is 0. The first-order valence-electron chi connectivity index (χ1n) is 13.7. The van der Waals surface area contributed by atoms with Gasteiger partial charge in [-0.25, -0.2) is 9.59 Å². The van der Waals surface area contributed by atoms with E-state index in [-0.39, 0.29) is 17.0 Å². The van der Waals surface area contributed by atoms with E-state index in [1.807, 2.05) is 18.2 Å². The molecule has 2 atom stereocenters. The van der Waals surface area contributed by atoms with Crippen molar-refractivity contribution in [3.63, 3.8) is 0 Å². The first-order chi connectivity index (χ1) is 21.1. The Kier molecular flexibility index (Phi) is 9.13. The van der Waals surface area contributed by atoms with Crippen LogP contribution in [0.4, 0.5) is 10.7 Å². The Balaban J connectivity index is 1.25. The second kappa shape index (κ2) is 13.2. The third-order valence-electron chi connectivity index (χ3n) is 7.40. The van der Waals surface area contributed by atoms with Crippen LogP contribution in [0.15, 0.2) is 77.7 Å². The number of carbonyl (C=O) groups excluding carboxylic acids is 2. The second-order valence-electron chi connectivity index (χ2n) is 10.3. The van der Waals surface area contributed by atoms with Gasteiger partial charge < -0.3 is 20.8 Å². The zero-order valence-electron chi connectivity index (χ0n) is 23.5. The predicted molar refractivity (Wildman–Crippen MR) is 169 cm³/mol. The Morgan fingerprint density at radius 1 is 0.955 bits per heavy atom. The quantitative estimate of drug-likeness (QED) is 0.150. The van der Waals surface area contributed by atoms with Crippen LogP contribution in [0.3, 0.4) is 0 Å². The van der Waals surface area contributed by atoms with E-state index in [1.165, 1.54) is 34.7 Å². The molecular formula is C33H27N3O6S2. The molecule has 9 nitrogen and oxygen atoms in total. The molecular weight excluding hydrogens is 599 g/mol. The van der Waals surface area contributed by atoms with Gasteiger partial charge in [-0.3, -0.25) is 9.59 Å². The van der Waals surface area contributed by atoms with Crippen LogP contribution in [-0.4, -0.2) is 39.2 Å². The molecule has 11 heteroatoms. The van der Waals surface area contributed by atoms with E-state index in [9.17, 15) is 29.5 Å². The van der Waals surface area contributed by atoms with Crippen LogP contribution in [0.25, 0.3) is 0 Å². The fourth-order valence-corrected chi connectivity index (χ4v) is 7.38. The fourth-order valence-electron chi connectivity index (χ4n) is 5.17. The minimum Gasteiger partial charge on any atom is -0.478 e. The van der Waals surface area contributed by atoms with Crippen LogP contribution < -0.4 is 10.6 Å². The summed E-state index contributed by atoms with van der Waals surface area (Å²) in [4.78, 5) is 50.8. The molecule has 0 radical (unpaired) electrons. The Bertz CT molecular complexity index is 1810. The zero-order chi connectivity index (χ0) is 31.4. The third kappa shape index (κ3) is 6.67. The lowest BCUT2D eigenvalue weighted by molar-refractivity contribution is -0.115. The summed E-state index contributed by atoms with van der Waals surface area (Å²) < 4.78 is 0. The van der Waals surface area contributed by atoms with Gasteiger partial charge in [-0.05, 0) is 79.6 Å². The number of thioether (sulfide) groups is 1. The van der Waals surface area contributed by atoms with Gasteiger partial charge in [-0.1, -0.05) is 36.4 Å². The molecule has 0 fully saturated rings. The van der Waals surface area contributed by atoms with E-state index in [0.29, 0.717) is 27.1 Å². The summed E-state index contributed by atoms with van der Waals surface area (Å²) in [5.74, 6) is -3.33. The fraction of sp³-hybridized carbons (Fsp3) is 0.182. The number of carbonyl (C=O) groups is 4. The van der Waals surface area contributed by atoms with Crippen LogP contribution in [0.5, 0.6) is 0 Å². The molecule has 3 aromatic carbocycles. The molecule has 1 aromatic heterocycles. The SMILES string of the molecule is CC(Sc1cccc(NC(=O)c2ccc(C(=O)O)cc2C(=O)O)c1)C(=O)Nc1sc2c(c1C#N)CCC(c1ccccc1)C2. The molecule has 0 bridgehead atoms. The normalized spacial score (nSPS) is 14.5. The molecule has 4 aromatic rings. The molecule has 0 saturated carbocycles. The first kappa shape index (κ1) is 30.5. The van der Waals surface area contributed by atoms with Gasteiger partial charge in [0.15, 0.2) is 0 Å². The Morgan fingerprint density at radius 3 is 2.43 bits per heavy atom. The second-order valence-corrected chi connectivity index (χ2v) is 12.8. The van der Waals surface area contributed by atoms with E-state index < -0.39 is 28.7 Å². The molecule has 2 unspecified atom stereocenters. The van der Waals surface area contributed by atoms with Crippen LogP contribution in [0.2, 0.25) is 0 Å². The summed E-state index contributed by atoms with van der Waals surface area (Å²) in [5.41, 5.74) is 2.34. The summed E-state index contributed by atoms with van der Waals surface area (Å²) in [6.45, 7) is 1.75. The maximum atomic E-state index is 13.2. The van der Waals surface area contributed by atoms with Crippen LogP contribution >= 0.6 is 23.1 Å². The van der Waals surface area contributed by atoms with Gasteiger partial charge in [0, 0.05) is 15.5 Å². The molecule has 0 spiro atoms. The van der Waals surface area contributed by atoms with Crippen molar-refractivity contribution in [2.24, 2.45) is 0 Å². The highest BCUT2D eigenvalue weighted by Gasteiger charge is 2.28. The van der Waals surface area contributed by atoms with Gasteiger partial charge in [0.05, 0.1) is 27.5 Å². The highest BCUT2D eigenvalue weighted by Crippen LogP contribution is 2.42. The smallest absolute Gasteiger partial charge is 0.336 e. The summed E-state index contributed by atoms with van der Waals surface area (Å²) in [6, 6.07) is 22.6. The lowest BCUT2D eigenvalue weighted by Gasteiger charge is -2.22. The summed E-state index contributed by atoms with van der Waals surface area (Å²) in [5, 5.41) is 34.2. The molecule has 0 saturated heterocycles. The molecule has 1 aliphatic carbocycles. The van der Waals surface area contributed by atoms with Crippen molar-refractivity contribution in [1.82, 2.24) is 0 Å². The maximum absolute atomic E-state index is 13.2. The number of nitriles is 1. The molecule has 222 valence electrons.